The normalized spacial score (nSPS) is 24.5. The molecule has 2 spiro atoms. The van der Waals surface area contributed by atoms with E-state index >= 15 is 9.59 Å². The average Bonchev–Trinajstić information content (AvgIpc) is 0.805. The fourth-order valence-corrected chi connectivity index (χ4v) is 16.2. The van der Waals surface area contributed by atoms with Gasteiger partial charge in [-0.1, -0.05) is 11.8 Å². The predicted octanol–water partition coefficient (Wildman–Crippen LogP) is -1.74. The summed E-state index contributed by atoms with van der Waals surface area (Å²) < 4.78 is 0. The first-order chi connectivity index (χ1) is 53.5. The summed E-state index contributed by atoms with van der Waals surface area (Å²) in [7, 11) is 0. The smallest absolute Gasteiger partial charge is 0.317 e. The maximum atomic E-state index is 16.6. The van der Waals surface area contributed by atoms with Gasteiger partial charge >= 0.3 is 41.8 Å². The van der Waals surface area contributed by atoms with Gasteiger partial charge in [0.05, 0.1) is 82.8 Å². The molecule has 0 aliphatic carbocycles. The van der Waals surface area contributed by atoms with Gasteiger partial charge in [0, 0.05) is 159 Å². The van der Waals surface area contributed by atoms with Crippen molar-refractivity contribution in [2.45, 2.75) is 127 Å². The van der Waals surface area contributed by atoms with E-state index < -0.39 is 152 Å². The van der Waals surface area contributed by atoms with Crippen LogP contribution in [-0.4, -0.2) is 358 Å². The third kappa shape index (κ3) is 26.9. The third-order valence-corrected chi connectivity index (χ3v) is 22.0. The van der Waals surface area contributed by atoms with Crippen LogP contribution in [0.3, 0.4) is 0 Å². The lowest BCUT2D eigenvalue weighted by atomic mass is 9.80. The molecule has 112 heavy (non-hydrogen) atoms. The van der Waals surface area contributed by atoms with E-state index in [0.717, 1.165) is 32.4 Å². The molecule has 0 radical (unpaired) electrons. The van der Waals surface area contributed by atoms with E-state index in [0.29, 0.717) is 44.6 Å². The molecule has 6 aliphatic rings. The number of aliphatic carboxylic acids is 7. The summed E-state index contributed by atoms with van der Waals surface area (Å²) in [5, 5.41) is 91.7. The second-order valence-electron chi connectivity index (χ2n) is 30.4. The van der Waals surface area contributed by atoms with E-state index in [9.17, 15) is 88.5 Å². The topological polar surface area (TPSA) is 478 Å². The molecule has 4 amide bonds. The summed E-state index contributed by atoms with van der Waals surface area (Å²) in [4.78, 5) is 197. The largest absolute Gasteiger partial charge is 0.481 e. The molecule has 6 atom stereocenters. The Bertz CT molecular complexity index is 3570. The van der Waals surface area contributed by atoms with Crippen molar-refractivity contribution < 1.29 is 98.1 Å². The second kappa shape index (κ2) is 43.1. The number of rotatable bonds is 22. The lowest BCUT2D eigenvalue weighted by Crippen LogP contribution is -2.67. The molecule has 6 fully saturated rings. The van der Waals surface area contributed by atoms with Crippen molar-refractivity contribution in [1.29, 1.82) is 0 Å². The highest BCUT2D eigenvalue weighted by Gasteiger charge is 2.51. The summed E-state index contributed by atoms with van der Waals surface area (Å²) in [6, 6.07) is 3.01. The standard InChI is InChI=1S/C76H112N16O20/c1-52-72(110)75(15-3-5-17-79-62(93)41-81-52)50-88(48-70(106)107)28-26-84(44-66(98)99)22-24-86(46-68(102)103)30-32-91(75)59-35-55(9-10-56-34-58(40-78-39-56)61(38-65(96)97)83-74(112)57-8-7-21-90(43-57)64(95)12-11-54-13-19-77-20-14-54)36-60(37-59)92-33-31-87(47-69(104)105)25-23-85(45-67(100)101)27-29-89(49-71(108)109)51-76(92)16-4-6-18-80-63(94)42-82-53(2)73(76)111/h34-37,39-40,52-54,57,61,77,81-82H,3-8,11-33,38,41-51H2,1-2H3,(H,79,93)(H,80,94)(H,83,112)(H,96,97)(H,98,99)(H,100,101)(H,102,103)(H,104,105)(H,106,107)(H,108,109)/t52?,53?,57-,61+,75?,76?/m1/s1. The van der Waals surface area contributed by atoms with Crippen LogP contribution in [0.25, 0.3) is 0 Å². The molecule has 4 unspecified atom stereocenters. The number of carbonyl (C=O) groups excluding carboxylic acids is 6. The number of hydrogen-bond donors (Lipinski definition) is 13. The highest BCUT2D eigenvalue weighted by Crippen LogP contribution is 2.40. The highest BCUT2D eigenvalue weighted by atomic mass is 16.4. The lowest BCUT2D eigenvalue weighted by Gasteiger charge is -2.50. The second-order valence-corrected chi connectivity index (χ2v) is 30.4. The van der Waals surface area contributed by atoms with E-state index in [4.69, 9.17) is 0 Å². The molecule has 36 heteroatoms. The number of aromatic nitrogens is 1. The van der Waals surface area contributed by atoms with Gasteiger partial charge in [0.25, 0.3) is 0 Å². The summed E-state index contributed by atoms with van der Waals surface area (Å²) in [6.45, 7) is -0.396. The number of carbonyl (C=O) groups is 13. The Kier molecular flexibility index (Phi) is 33.9. The van der Waals surface area contributed by atoms with Crippen LogP contribution >= 0.6 is 0 Å². The molecule has 6 aliphatic heterocycles. The number of nitrogens with zero attached hydrogens (tertiary/aromatic N) is 10. The molecule has 36 nitrogen and oxygen atoms in total. The lowest BCUT2D eigenvalue weighted by molar-refractivity contribution is -0.141. The van der Waals surface area contributed by atoms with Crippen molar-refractivity contribution in [3.8, 4) is 11.8 Å². The Balaban J connectivity index is 1.40. The molecular formula is C76H112N16O20. The Morgan fingerprint density at radius 2 is 0.929 bits per heavy atom. The van der Waals surface area contributed by atoms with Crippen LogP contribution in [-0.2, 0) is 62.3 Å². The summed E-state index contributed by atoms with van der Waals surface area (Å²) in [6.07, 6.45) is 7.10. The van der Waals surface area contributed by atoms with Crippen LogP contribution in [0.5, 0.6) is 0 Å². The first kappa shape index (κ1) is 88.2. The van der Waals surface area contributed by atoms with Crippen molar-refractivity contribution in [2.75, 3.05) is 193 Å². The number of amides is 4. The summed E-state index contributed by atoms with van der Waals surface area (Å²) >= 11 is 0. The molecule has 1 aromatic heterocycles. The molecule has 2 aromatic rings. The van der Waals surface area contributed by atoms with Crippen LogP contribution in [0.2, 0.25) is 0 Å². The van der Waals surface area contributed by atoms with E-state index in [1.54, 1.807) is 72.4 Å². The number of piperidine rings is 2. The fraction of sp³-hybridized carbons (Fsp3) is 0.658. The minimum absolute atomic E-state index is 0.000456. The molecule has 13 N–H and O–H groups in total. The Morgan fingerprint density at radius 3 is 1.38 bits per heavy atom. The first-order valence-corrected chi connectivity index (χ1v) is 38.9. The third-order valence-electron chi connectivity index (χ3n) is 22.0. The minimum Gasteiger partial charge on any atom is -0.481 e. The Morgan fingerprint density at radius 1 is 0.500 bits per heavy atom. The maximum absolute atomic E-state index is 16.6. The van der Waals surface area contributed by atoms with Gasteiger partial charge in [-0.3, -0.25) is 107 Å². The van der Waals surface area contributed by atoms with Crippen LogP contribution in [0, 0.1) is 23.7 Å². The number of benzene rings is 1. The molecule has 0 bridgehead atoms. The van der Waals surface area contributed by atoms with Crippen molar-refractivity contribution in [1.82, 2.24) is 71.2 Å². The fourth-order valence-electron chi connectivity index (χ4n) is 16.2. The van der Waals surface area contributed by atoms with Crippen molar-refractivity contribution in [2.24, 2.45) is 11.8 Å². The number of anilines is 2. The zero-order valence-corrected chi connectivity index (χ0v) is 64.3. The molecule has 1 aromatic carbocycles. The molecule has 7 heterocycles. The van der Waals surface area contributed by atoms with Crippen molar-refractivity contribution >= 4 is 88.4 Å². The number of Topliss-reactive ketones (excluding diaryl/α,β-unsaturated/α-hetero) is 2. The van der Waals surface area contributed by atoms with Crippen LogP contribution in [0.1, 0.15) is 120 Å². The van der Waals surface area contributed by atoms with E-state index in [1.807, 2.05) is 0 Å². The average molecular weight is 1570 g/mol. The number of carboxylic acids is 7. The molecular weight excluding hydrogens is 1460 g/mol. The molecule has 6 saturated heterocycles. The highest BCUT2D eigenvalue weighted by molar-refractivity contribution is 5.99. The van der Waals surface area contributed by atoms with Crippen molar-refractivity contribution in [3.05, 3.63) is 53.3 Å². The van der Waals surface area contributed by atoms with E-state index in [2.05, 4.69) is 48.7 Å². The van der Waals surface area contributed by atoms with Gasteiger partial charge in [-0.05, 0) is 133 Å². The quantitative estimate of drug-likeness (QED) is 0.0582. The zero-order valence-electron chi connectivity index (χ0n) is 64.3. The minimum atomic E-state index is -1.90. The van der Waals surface area contributed by atoms with Gasteiger partial charge in [-0.2, -0.15) is 0 Å². The first-order valence-electron chi connectivity index (χ1n) is 38.9. The van der Waals surface area contributed by atoms with Gasteiger partial charge < -0.3 is 71.7 Å². The van der Waals surface area contributed by atoms with Gasteiger partial charge in [0.2, 0.25) is 23.6 Å². The number of pyridine rings is 1. The summed E-state index contributed by atoms with van der Waals surface area (Å²) in [5.74, 6) is -4.96. The molecule has 8 rings (SSSR count). The number of hydrogen-bond acceptors (Lipinski definition) is 25. The number of likely N-dealkylation sites (tertiary alicyclic amines) is 1. The van der Waals surface area contributed by atoms with Crippen LogP contribution in [0.15, 0.2) is 36.7 Å². The summed E-state index contributed by atoms with van der Waals surface area (Å²) in [5.41, 5.74) is -2.87. The molecule has 616 valence electrons. The van der Waals surface area contributed by atoms with Gasteiger partial charge in [-0.25, -0.2) is 0 Å². The van der Waals surface area contributed by atoms with Crippen molar-refractivity contribution in [3.63, 3.8) is 0 Å². The molecule has 0 saturated carbocycles. The van der Waals surface area contributed by atoms with Gasteiger partial charge in [0.1, 0.15) is 11.1 Å². The van der Waals surface area contributed by atoms with Gasteiger partial charge in [-0.15, -0.1) is 0 Å². The number of carboxylic acid groups (broad SMARTS) is 7. The van der Waals surface area contributed by atoms with E-state index in [1.165, 1.54) is 22.2 Å². The number of nitrogens with one attached hydrogen (secondary N) is 6. The van der Waals surface area contributed by atoms with Gasteiger partial charge in [0.15, 0.2) is 11.6 Å². The number of ketones is 2. The Hall–Kier alpha value is -9.32. The van der Waals surface area contributed by atoms with E-state index in [-0.39, 0.29) is 184 Å². The maximum Gasteiger partial charge on any atom is 0.317 e. The van der Waals surface area contributed by atoms with Crippen LogP contribution < -0.4 is 41.7 Å². The zero-order chi connectivity index (χ0) is 81.1. The predicted molar refractivity (Wildman–Crippen MR) is 407 cm³/mol. The Labute approximate surface area is 651 Å². The monoisotopic (exact) mass is 1570 g/mol. The van der Waals surface area contributed by atoms with Crippen LogP contribution in [0.4, 0.5) is 11.4 Å². The SMILES string of the molecule is CC1NCC(=O)NCCCCC2(CN(CC(=O)O)CCN(CC(=O)O)CCN(CC(=O)O)CCN2c2cc(C#Cc3cncc([C@H](CC(=O)O)NC(=O)[C@@H]4CCCN(C(=O)CCC5CCNCC5)C4)c3)cc(N3CCN(CC(=O)O)CCN(CC(=O)O)CCN(CC(=O)O)CC34CCCCNC(=O)CNC(C)C4=O)c2)C1=O.